The molecule has 3 amide bonds. The van der Waals surface area contributed by atoms with Crippen molar-refractivity contribution in [1.82, 2.24) is 10.6 Å². The molecule has 1 aliphatic rings. The number of amides is 3. The summed E-state index contributed by atoms with van der Waals surface area (Å²) in [6.45, 7) is 3.13. The van der Waals surface area contributed by atoms with Crippen LogP contribution in [0.25, 0.3) is 0 Å². The van der Waals surface area contributed by atoms with Crippen LogP contribution in [0.1, 0.15) is 20.3 Å². The first-order valence-corrected chi connectivity index (χ1v) is 4.21. The number of nitrogens with one attached hydrogen (secondary N) is 2. The fraction of sp³-hybridized carbons (Fsp3) is 0.625. The zero-order chi connectivity index (χ0) is 10.9. The van der Waals surface area contributed by atoms with Crippen LogP contribution in [0.4, 0.5) is 4.79 Å². The second-order valence-corrected chi connectivity index (χ2v) is 3.61. The molecule has 0 aromatic carbocycles. The molecular formula is C8H12N2O4. The molecule has 6 nitrogen and oxygen atoms in total. The van der Waals surface area contributed by atoms with Gasteiger partial charge >= 0.3 is 12.0 Å². The van der Waals surface area contributed by atoms with Gasteiger partial charge in [-0.3, -0.25) is 14.9 Å². The van der Waals surface area contributed by atoms with Gasteiger partial charge in [0.2, 0.25) is 0 Å². The molecule has 1 aliphatic heterocycles. The van der Waals surface area contributed by atoms with Gasteiger partial charge in [0, 0.05) is 0 Å². The Morgan fingerprint density at radius 2 is 2.14 bits per heavy atom. The first kappa shape index (κ1) is 10.5. The van der Waals surface area contributed by atoms with Crippen LogP contribution in [0.15, 0.2) is 0 Å². The van der Waals surface area contributed by atoms with Crippen molar-refractivity contribution >= 4 is 17.9 Å². The summed E-state index contributed by atoms with van der Waals surface area (Å²) >= 11 is 0. The van der Waals surface area contributed by atoms with E-state index < -0.39 is 29.4 Å². The van der Waals surface area contributed by atoms with E-state index in [4.69, 9.17) is 5.11 Å². The van der Waals surface area contributed by atoms with E-state index in [-0.39, 0.29) is 6.42 Å². The maximum atomic E-state index is 11.3. The van der Waals surface area contributed by atoms with Crippen molar-refractivity contribution < 1.29 is 19.5 Å². The molecule has 0 saturated carbocycles. The minimum absolute atomic E-state index is 0.163. The summed E-state index contributed by atoms with van der Waals surface area (Å²) in [5.74, 6) is -1.92. The quantitative estimate of drug-likeness (QED) is 0.545. The molecule has 2 atom stereocenters. The van der Waals surface area contributed by atoms with Gasteiger partial charge in [-0.15, -0.1) is 0 Å². The molecule has 0 aliphatic carbocycles. The zero-order valence-corrected chi connectivity index (χ0v) is 7.96. The lowest BCUT2D eigenvalue weighted by molar-refractivity contribution is -0.139. The van der Waals surface area contributed by atoms with Gasteiger partial charge < -0.3 is 10.4 Å². The number of urea groups is 1. The fourth-order valence-electron chi connectivity index (χ4n) is 1.37. The Balaban J connectivity index is 2.79. The number of rotatable bonds is 3. The first-order chi connectivity index (χ1) is 6.36. The second-order valence-electron chi connectivity index (χ2n) is 3.61. The molecule has 3 N–H and O–H groups in total. The molecule has 0 unspecified atom stereocenters. The van der Waals surface area contributed by atoms with E-state index >= 15 is 0 Å². The molecule has 78 valence electrons. The van der Waals surface area contributed by atoms with Crippen LogP contribution in [-0.2, 0) is 9.59 Å². The highest BCUT2D eigenvalue weighted by atomic mass is 16.4. The second kappa shape index (κ2) is 3.28. The van der Waals surface area contributed by atoms with Crippen LogP contribution >= 0.6 is 0 Å². The summed E-state index contributed by atoms with van der Waals surface area (Å²) in [6, 6.07) is -0.574. The summed E-state index contributed by atoms with van der Waals surface area (Å²) in [7, 11) is 0. The lowest BCUT2D eigenvalue weighted by Crippen LogP contribution is -2.49. The molecule has 0 aromatic rings. The van der Waals surface area contributed by atoms with E-state index in [0.717, 1.165) is 0 Å². The SMILES string of the molecule is C[C@H](CC(=O)O)[C@@]1(C)NC(=O)NC1=O. The van der Waals surface area contributed by atoms with Gasteiger partial charge in [0.05, 0.1) is 6.42 Å². The molecule has 0 radical (unpaired) electrons. The van der Waals surface area contributed by atoms with Crippen molar-refractivity contribution in [3.8, 4) is 0 Å². The standard InChI is InChI=1S/C8H12N2O4/c1-4(3-5(11)12)8(2)6(13)9-7(14)10-8/h4H,3H2,1-2H3,(H,11,12)(H2,9,10,13,14)/t4-,8-/m1/s1. The summed E-state index contributed by atoms with van der Waals surface area (Å²) in [6.07, 6.45) is -0.163. The maximum Gasteiger partial charge on any atom is 0.322 e. The molecule has 14 heavy (non-hydrogen) atoms. The number of carboxylic acids is 1. The van der Waals surface area contributed by atoms with E-state index in [9.17, 15) is 14.4 Å². The summed E-state index contributed by atoms with van der Waals surface area (Å²) in [5.41, 5.74) is -1.12. The minimum atomic E-state index is -1.12. The highest BCUT2D eigenvalue weighted by Crippen LogP contribution is 2.23. The molecule has 0 bridgehead atoms. The average Bonchev–Trinajstić information content (AvgIpc) is 2.25. The number of hydrogen-bond acceptors (Lipinski definition) is 3. The lowest BCUT2D eigenvalue weighted by atomic mass is 9.85. The van der Waals surface area contributed by atoms with E-state index in [1.807, 2.05) is 0 Å². The van der Waals surface area contributed by atoms with Gasteiger partial charge in [0.15, 0.2) is 0 Å². The number of imide groups is 1. The molecule has 0 aromatic heterocycles. The zero-order valence-electron chi connectivity index (χ0n) is 7.96. The Bertz CT molecular complexity index is 302. The third-order valence-corrected chi connectivity index (χ3v) is 2.54. The van der Waals surface area contributed by atoms with Crippen LogP contribution in [0.5, 0.6) is 0 Å². The fourth-order valence-corrected chi connectivity index (χ4v) is 1.37. The Hall–Kier alpha value is -1.59. The van der Waals surface area contributed by atoms with Gasteiger partial charge in [-0.25, -0.2) is 4.79 Å². The van der Waals surface area contributed by atoms with E-state index in [0.29, 0.717) is 0 Å². The van der Waals surface area contributed by atoms with Gasteiger partial charge in [0.25, 0.3) is 5.91 Å². The molecule has 0 spiro atoms. The Morgan fingerprint density at radius 1 is 1.57 bits per heavy atom. The molecule has 1 fully saturated rings. The molecule has 1 rings (SSSR count). The highest BCUT2D eigenvalue weighted by Gasteiger charge is 2.46. The van der Waals surface area contributed by atoms with Gasteiger partial charge in [-0.1, -0.05) is 6.92 Å². The normalized spacial score (nSPS) is 28.1. The summed E-state index contributed by atoms with van der Waals surface area (Å²) in [5, 5.41) is 13.1. The number of carbonyl (C=O) groups excluding carboxylic acids is 2. The van der Waals surface area contributed by atoms with Crippen LogP contribution in [-0.4, -0.2) is 28.6 Å². The molecule has 1 heterocycles. The predicted octanol–water partition coefficient (Wildman–Crippen LogP) is -0.305. The average molecular weight is 200 g/mol. The van der Waals surface area contributed by atoms with Crippen LogP contribution in [0.2, 0.25) is 0 Å². The Kier molecular flexibility index (Phi) is 2.46. The van der Waals surface area contributed by atoms with Crippen LogP contribution < -0.4 is 10.6 Å². The first-order valence-electron chi connectivity index (χ1n) is 4.21. The van der Waals surface area contributed by atoms with Gasteiger partial charge in [-0.05, 0) is 12.8 Å². The monoisotopic (exact) mass is 200 g/mol. The van der Waals surface area contributed by atoms with Crippen LogP contribution in [0, 0.1) is 5.92 Å². The Morgan fingerprint density at radius 3 is 2.50 bits per heavy atom. The summed E-state index contributed by atoms with van der Waals surface area (Å²) in [4.78, 5) is 32.7. The van der Waals surface area contributed by atoms with E-state index in [2.05, 4.69) is 10.6 Å². The van der Waals surface area contributed by atoms with E-state index in [1.54, 1.807) is 6.92 Å². The molecule has 1 saturated heterocycles. The topological polar surface area (TPSA) is 95.5 Å². The molecular weight excluding hydrogens is 188 g/mol. The number of carbonyl (C=O) groups is 3. The number of aliphatic carboxylic acids is 1. The number of hydrogen-bond donors (Lipinski definition) is 3. The van der Waals surface area contributed by atoms with Crippen molar-refractivity contribution in [2.24, 2.45) is 5.92 Å². The minimum Gasteiger partial charge on any atom is -0.481 e. The van der Waals surface area contributed by atoms with Crippen molar-refractivity contribution in [3.05, 3.63) is 0 Å². The largest absolute Gasteiger partial charge is 0.481 e. The smallest absolute Gasteiger partial charge is 0.322 e. The maximum absolute atomic E-state index is 11.3. The third kappa shape index (κ3) is 1.68. The van der Waals surface area contributed by atoms with E-state index in [1.165, 1.54) is 6.92 Å². The summed E-state index contributed by atoms with van der Waals surface area (Å²) < 4.78 is 0. The predicted molar refractivity (Wildman–Crippen MR) is 46.5 cm³/mol. The van der Waals surface area contributed by atoms with Crippen molar-refractivity contribution in [3.63, 3.8) is 0 Å². The lowest BCUT2D eigenvalue weighted by Gasteiger charge is -2.26. The van der Waals surface area contributed by atoms with Gasteiger partial charge in [0.1, 0.15) is 5.54 Å². The number of carboxylic acid groups (broad SMARTS) is 1. The van der Waals surface area contributed by atoms with Gasteiger partial charge in [-0.2, -0.15) is 0 Å². The third-order valence-electron chi connectivity index (χ3n) is 2.54. The molecule has 6 heteroatoms. The van der Waals surface area contributed by atoms with Crippen LogP contribution in [0.3, 0.4) is 0 Å². The highest BCUT2D eigenvalue weighted by molar-refractivity contribution is 6.07. The van der Waals surface area contributed by atoms with Crippen molar-refractivity contribution in [1.29, 1.82) is 0 Å². The van der Waals surface area contributed by atoms with Crippen molar-refractivity contribution in [2.75, 3.05) is 0 Å². The Labute approximate surface area is 80.7 Å². The van der Waals surface area contributed by atoms with Crippen molar-refractivity contribution in [2.45, 2.75) is 25.8 Å².